The molecule has 0 saturated carbocycles. The Kier molecular flexibility index (Phi) is 5.51. The van der Waals surface area contributed by atoms with Gasteiger partial charge in [0.1, 0.15) is 17.2 Å². The van der Waals surface area contributed by atoms with Crippen molar-refractivity contribution in [2.24, 2.45) is 5.92 Å². The molecule has 1 atom stereocenters. The lowest BCUT2D eigenvalue weighted by Crippen LogP contribution is -2.31. The number of nitrogens with zero attached hydrogens (tertiary/aromatic N) is 1. The van der Waals surface area contributed by atoms with Crippen molar-refractivity contribution in [1.82, 2.24) is 5.32 Å². The highest BCUT2D eigenvalue weighted by atomic mass is 16.5. The van der Waals surface area contributed by atoms with Crippen molar-refractivity contribution in [2.75, 3.05) is 38.8 Å². The average molecular weight is 356 g/mol. The molecule has 26 heavy (non-hydrogen) atoms. The second kappa shape index (κ2) is 7.99. The second-order valence-corrected chi connectivity index (χ2v) is 6.37. The van der Waals surface area contributed by atoms with Crippen molar-refractivity contribution in [3.8, 4) is 17.2 Å². The van der Waals surface area contributed by atoms with E-state index < -0.39 is 0 Å². The van der Waals surface area contributed by atoms with E-state index in [1.165, 1.54) is 13.2 Å². The smallest absolute Gasteiger partial charge is 0.255 e. The number of phenolic OH excluding ortho intramolecular Hbond substituents is 1. The van der Waals surface area contributed by atoms with E-state index in [0.29, 0.717) is 18.2 Å². The predicted octanol–water partition coefficient (Wildman–Crippen LogP) is 2.67. The van der Waals surface area contributed by atoms with E-state index in [0.717, 1.165) is 30.9 Å². The minimum absolute atomic E-state index is 0.0797. The highest BCUT2D eigenvalue weighted by molar-refractivity contribution is 5.97. The van der Waals surface area contributed by atoms with Gasteiger partial charge in [-0.2, -0.15) is 0 Å². The zero-order valence-corrected chi connectivity index (χ0v) is 15.1. The van der Waals surface area contributed by atoms with Gasteiger partial charge in [-0.15, -0.1) is 0 Å². The lowest BCUT2D eigenvalue weighted by Gasteiger charge is -2.21. The molecule has 0 spiro atoms. The topological polar surface area (TPSA) is 71.0 Å². The van der Waals surface area contributed by atoms with Crippen LogP contribution in [0.4, 0.5) is 5.69 Å². The number of hydrogen-bond donors (Lipinski definition) is 2. The van der Waals surface area contributed by atoms with E-state index in [9.17, 15) is 9.90 Å². The van der Waals surface area contributed by atoms with E-state index in [2.05, 4.69) is 16.3 Å². The molecule has 0 aromatic heterocycles. The summed E-state index contributed by atoms with van der Waals surface area (Å²) in [7, 11) is 3.19. The van der Waals surface area contributed by atoms with Crippen LogP contribution in [-0.4, -0.2) is 44.9 Å². The third-order valence-electron chi connectivity index (χ3n) is 4.71. The quantitative estimate of drug-likeness (QED) is 0.833. The molecule has 6 nitrogen and oxygen atoms in total. The maximum absolute atomic E-state index is 12.3. The zero-order valence-electron chi connectivity index (χ0n) is 15.1. The lowest BCUT2D eigenvalue weighted by molar-refractivity contribution is 0.0945. The molecule has 0 bridgehead atoms. The lowest BCUT2D eigenvalue weighted by atomic mass is 10.1. The summed E-state index contributed by atoms with van der Waals surface area (Å²) in [4.78, 5) is 14.6. The highest BCUT2D eigenvalue weighted by Gasteiger charge is 2.25. The van der Waals surface area contributed by atoms with Gasteiger partial charge in [0, 0.05) is 25.7 Å². The van der Waals surface area contributed by atoms with E-state index in [1.54, 1.807) is 19.2 Å². The Morgan fingerprint density at radius 1 is 1.23 bits per heavy atom. The van der Waals surface area contributed by atoms with Gasteiger partial charge in [-0.3, -0.25) is 4.79 Å². The summed E-state index contributed by atoms with van der Waals surface area (Å²) in [5.74, 6) is 1.37. The number of nitrogens with one attached hydrogen (secondary N) is 1. The van der Waals surface area contributed by atoms with Crippen LogP contribution in [0.3, 0.4) is 0 Å². The molecule has 2 N–H and O–H groups in total. The number of benzene rings is 2. The fraction of sp³-hybridized carbons (Fsp3) is 0.350. The number of anilines is 1. The summed E-state index contributed by atoms with van der Waals surface area (Å²) in [5, 5.41) is 12.9. The Hall–Kier alpha value is -2.89. The molecule has 138 valence electrons. The Balaban J connectivity index is 1.57. The van der Waals surface area contributed by atoms with Gasteiger partial charge in [-0.1, -0.05) is 12.1 Å². The van der Waals surface area contributed by atoms with Crippen LogP contribution in [0.2, 0.25) is 0 Å². The summed E-state index contributed by atoms with van der Waals surface area (Å²) in [6.45, 7) is 2.35. The Labute approximate surface area is 153 Å². The van der Waals surface area contributed by atoms with Crippen molar-refractivity contribution in [2.45, 2.75) is 6.42 Å². The molecule has 0 aliphatic carbocycles. The standard InChI is InChI=1S/C20H24N2O4/c1-25-15-7-8-16(18(23)11-15)20(24)21-12-14-9-10-22(13-14)17-5-3-4-6-19(17)26-2/h3-8,11,14,23H,9-10,12-13H2,1-2H3,(H,21,24). The van der Waals surface area contributed by atoms with E-state index in [1.807, 2.05) is 18.2 Å². The normalized spacial score (nSPS) is 16.4. The number of para-hydroxylation sites is 2. The number of rotatable bonds is 6. The molecule has 1 saturated heterocycles. The summed E-state index contributed by atoms with van der Waals surface area (Å²) in [6.07, 6.45) is 0.993. The van der Waals surface area contributed by atoms with Gasteiger partial charge in [0.15, 0.2) is 0 Å². The number of aromatic hydroxyl groups is 1. The third kappa shape index (κ3) is 3.85. The van der Waals surface area contributed by atoms with Gasteiger partial charge in [0.25, 0.3) is 5.91 Å². The number of phenols is 1. The van der Waals surface area contributed by atoms with Crippen molar-refractivity contribution in [1.29, 1.82) is 0 Å². The first-order valence-electron chi connectivity index (χ1n) is 8.65. The summed E-state index contributed by atoms with van der Waals surface area (Å²) in [6, 6.07) is 12.6. The van der Waals surface area contributed by atoms with Crippen LogP contribution < -0.4 is 19.7 Å². The predicted molar refractivity (Wildman–Crippen MR) is 100 cm³/mol. The van der Waals surface area contributed by atoms with Crippen LogP contribution >= 0.6 is 0 Å². The minimum atomic E-state index is -0.277. The van der Waals surface area contributed by atoms with Gasteiger partial charge in [0.05, 0.1) is 25.5 Å². The van der Waals surface area contributed by atoms with E-state index in [4.69, 9.17) is 9.47 Å². The van der Waals surface area contributed by atoms with Crippen LogP contribution in [0.5, 0.6) is 17.2 Å². The molecular weight excluding hydrogens is 332 g/mol. The van der Waals surface area contributed by atoms with Crippen molar-refractivity contribution < 1.29 is 19.4 Å². The number of hydrogen-bond acceptors (Lipinski definition) is 5. The van der Waals surface area contributed by atoms with Gasteiger partial charge >= 0.3 is 0 Å². The Morgan fingerprint density at radius 3 is 2.77 bits per heavy atom. The minimum Gasteiger partial charge on any atom is -0.507 e. The molecule has 1 amide bonds. The van der Waals surface area contributed by atoms with Crippen LogP contribution in [0.1, 0.15) is 16.8 Å². The molecule has 2 aromatic rings. The molecule has 1 fully saturated rings. The van der Waals surface area contributed by atoms with Crippen LogP contribution in [0.15, 0.2) is 42.5 Å². The fourth-order valence-corrected chi connectivity index (χ4v) is 3.27. The Morgan fingerprint density at radius 2 is 2.04 bits per heavy atom. The monoisotopic (exact) mass is 356 g/mol. The molecule has 1 aliphatic rings. The third-order valence-corrected chi connectivity index (χ3v) is 4.71. The van der Waals surface area contributed by atoms with Gasteiger partial charge in [-0.05, 0) is 36.6 Å². The van der Waals surface area contributed by atoms with Gasteiger partial charge in [-0.25, -0.2) is 0 Å². The van der Waals surface area contributed by atoms with E-state index >= 15 is 0 Å². The first-order chi connectivity index (χ1) is 12.6. The molecule has 1 aliphatic heterocycles. The molecule has 0 radical (unpaired) electrons. The molecule has 3 rings (SSSR count). The van der Waals surface area contributed by atoms with Crippen molar-refractivity contribution in [3.05, 3.63) is 48.0 Å². The molecular formula is C20H24N2O4. The summed E-state index contributed by atoms with van der Waals surface area (Å²) < 4.78 is 10.5. The second-order valence-electron chi connectivity index (χ2n) is 6.37. The van der Waals surface area contributed by atoms with Crippen LogP contribution in [0.25, 0.3) is 0 Å². The molecule has 2 aromatic carbocycles. The summed E-state index contributed by atoms with van der Waals surface area (Å²) in [5.41, 5.74) is 1.34. The van der Waals surface area contributed by atoms with Crippen LogP contribution in [0, 0.1) is 5.92 Å². The maximum atomic E-state index is 12.3. The first kappa shape index (κ1) is 17.9. The molecule has 6 heteroatoms. The van der Waals surface area contributed by atoms with Gasteiger partial charge in [0.2, 0.25) is 0 Å². The number of amides is 1. The highest BCUT2D eigenvalue weighted by Crippen LogP contribution is 2.31. The molecule has 1 unspecified atom stereocenters. The SMILES string of the molecule is COc1ccc(C(=O)NCC2CCN(c3ccccc3OC)C2)c(O)c1. The number of methoxy groups -OCH3 is 2. The van der Waals surface area contributed by atoms with Gasteiger partial charge < -0.3 is 24.8 Å². The largest absolute Gasteiger partial charge is 0.507 e. The first-order valence-corrected chi connectivity index (χ1v) is 8.65. The average Bonchev–Trinajstić information content (AvgIpc) is 3.14. The summed E-state index contributed by atoms with van der Waals surface area (Å²) >= 11 is 0. The van der Waals surface area contributed by atoms with Crippen molar-refractivity contribution >= 4 is 11.6 Å². The molecule has 1 heterocycles. The fourth-order valence-electron chi connectivity index (χ4n) is 3.27. The number of carbonyl (C=O) groups is 1. The van der Waals surface area contributed by atoms with Crippen LogP contribution in [-0.2, 0) is 0 Å². The van der Waals surface area contributed by atoms with Crippen molar-refractivity contribution in [3.63, 3.8) is 0 Å². The maximum Gasteiger partial charge on any atom is 0.255 e. The number of carbonyl (C=O) groups excluding carboxylic acids is 1. The zero-order chi connectivity index (χ0) is 18.5. The Bertz CT molecular complexity index is 778. The number of ether oxygens (including phenoxy) is 2. The van der Waals surface area contributed by atoms with E-state index in [-0.39, 0.29) is 17.2 Å².